The molecule has 5 nitrogen and oxygen atoms in total. The van der Waals surface area contributed by atoms with Gasteiger partial charge in [0, 0.05) is 6.07 Å². The van der Waals surface area contributed by atoms with Gasteiger partial charge in [-0.2, -0.15) is 0 Å². The molecular weight excluding hydrogens is 265 g/mol. The van der Waals surface area contributed by atoms with E-state index in [1.807, 2.05) is 0 Å². The molecule has 1 fully saturated rings. The van der Waals surface area contributed by atoms with Crippen LogP contribution in [0.5, 0.6) is 0 Å². The summed E-state index contributed by atoms with van der Waals surface area (Å²) in [6.07, 6.45) is 3.18. The van der Waals surface area contributed by atoms with Gasteiger partial charge in [0.25, 0.3) is 5.69 Å². The van der Waals surface area contributed by atoms with Crippen LogP contribution in [-0.4, -0.2) is 17.0 Å². The summed E-state index contributed by atoms with van der Waals surface area (Å²) in [5, 5.41) is 10.8. The van der Waals surface area contributed by atoms with Crippen LogP contribution in [-0.2, 0) is 4.74 Å². The van der Waals surface area contributed by atoms with Crippen LogP contribution in [0.15, 0.2) is 18.2 Å². The van der Waals surface area contributed by atoms with Crippen LogP contribution >= 0.6 is 0 Å². The zero-order valence-electron chi connectivity index (χ0n) is 11.2. The topological polar surface area (TPSA) is 69.4 Å². The van der Waals surface area contributed by atoms with Crippen molar-refractivity contribution in [2.24, 2.45) is 5.92 Å². The molecule has 0 aromatic heterocycles. The van der Waals surface area contributed by atoms with E-state index in [9.17, 15) is 19.3 Å². The highest BCUT2D eigenvalue weighted by atomic mass is 19.1. The Labute approximate surface area is 115 Å². The zero-order valence-corrected chi connectivity index (χ0v) is 11.2. The Bertz CT molecular complexity index is 524. The molecule has 0 atom stereocenters. The predicted octanol–water partition coefficient (Wildman–Crippen LogP) is 3.47. The highest BCUT2D eigenvalue weighted by Crippen LogP contribution is 2.27. The van der Waals surface area contributed by atoms with Crippen molar-refractivity contribution in [3.8, 4) is 0 Å². The first-order valence-corrected chi connectivity index (χ1v) is 6.62. The van der Waals surface area contributed by atoms with Crippen LogP contribution in [0.1, 0.15) is 43.0 Å². The molecule has 0 spiro atoms. The summed E-state index contributed by atoms with van der Waals surface area (Å²) in [5.41, 5.74) is -0.755. The lowest BCUT2D eigenvalue weighted by molar-refractivity contribution is -0.385. The van der Waals surface area contributed by atoms with Crippen LogP contribution in [0.3, 0.4) is 0 Å². The number of hydrogen-bond donors (Lipinski definition) is 0. The maximum absolute atomic E-state index is 13.2. The first kappa shape index (κ1) is 14.4. The number of benzene rings is 1. The minimum absolute atomic E-state index is 0.235. The fourth-order valence-corrected chi connectivity index (χ4v) is 2.39. The SMILES string of the molecule is CC1CCC(OC(=O)c2cc(F)ccc2[N+](=O)[O-])CC1. The number of rotatable bonds is 3. The van der Waals surface area contributed by atoms with Crippen molar-refractivity contribution in [1.29, 1.82) is 0 Å². The van der Waals surface area contributed by atoms with Crippen molar-refractivity contribution in [2.45, 2.75) is 38.7 Å². The van der Waals surface area contributed by atoms with E-state index in [0.29, 0.717) is 5.92 Å². The van der Waals surface area contributed by atoms with Gasteiger partial charge in [0.05, 0.1) is 4.92 Å². The average Bonchev–Trinajstić information content (AvgIpc) is 2.41. The van der Waals surface area contributed by atoms with E-state index in [-0.39, 0.29) is 11.7 Å². The van der Waals surface area contributed by atoms with E-state index in [2.05, 4.69) is 6.92 Å². The largest absolute Gasteiger partial charge is 0.459 e. The molecule has 6 heteroatoms. The normalized spacial score (nSPS) is 22.3. The minimum Gasteiger partial charge on any atom is -0.459 e. The number of nitro groups is 1. The van der Waals surface area contributed by atoms with Crippen molar-refractivity contribution in [3.63, 3.8) is 0 Å². The van der Waals surface area contributed by atoms with Gasteiger partial charge in [-0.15, -0.1) is 0 Å². The maximum Gasteiger partial charge on any atom is 0.345 e. The number of nitro benzene ring substituents is 1. The molecule has 1 aromatic carbocycles. The molecule has 20 heavy (non-hydrogen) atoms. The minimum atomic E-state index is -0.823. The van der Waals surface area contributed by atoms with E-state index < -0.39 is 22.4 Å². The lowest BCUT2D eigenvalue weighted by Gasteiger charge is -2.25. The van der Waals surface area contributed by atoms with E-state index in [1.165, 1.54) is 0 Å². The van der Waals surface area contributed by atoms with Crippen LogP contribution in [0, 0.1) is 21.8 Å². The Morgan fingerprint density at radius 1 is 1.35 bits per heavy atom. The number of ether oxygens (including phenoxy) is 1. The van der Waals surface area contributed by atoms with Gasteiger partial charge in [0.2, 0.25) is 0 Å². The summed E-state index contributed by atoms with van der Waals surface area (Å²) >= 11 is 0. The quantitative estimate of drug-likeness (QED) is 0.483. The van der Waals surface area contributed by atoms with Crippen molar-refractivity contribution < 1.29 is 18.8 Å². The third kappa shape index (κ3) is 3.31. The number of halogens is 1. The van der Waals surface area contributed by atoms with Gasteiger partial charge >= 0.3 is 5.97 Å². The van der Waals surface area contributed by atoms with Crippen LogP contribution in [0.25, 0.3) is 0 Å². The molecule has 0 aliphatic heterocycles. The second kappa shape index (κ2) is 5.98. The first-order chi connectivity index (χ1) is 9.47. The smallest absolute Gasteiger partial charge is 0.345 e. The standard InChI is InChI=1S/C14H16FNO4/c1-9-2-5-11(6-3-9)20-14(17)12-8-10(15)4-7-13(12)16(18)19/h4,7-9,11H,2-3,5-6H2,1H3. The van der Waals surface area contributed by atoms with Gasteiger partial charge in [-0.25, -0.2) is 9.18 Å². The summed E-state index contributed by atoms with van der Waals surface area (Å²) in [6.45, 7) is 2.13. The lowest BCUT2D eigenvalue weighted by atomic mass is 9.89. The molecule has 0 heterocycles. The van der Waals surface area contributed by atoms with E-state index in [1.54, 1.807) is 0 Å². The Balaban J connectivity index is 2.12. The molecule has 0 unspecified atom stereocenters. The summed E-state index contributed by atoms with van der Waals surface area (Å²) in [6, 6.07) is 2.79. The van der Waals surface area contributed by atoms with Crippen LogP contribution in [0.4, 0.5) is 10.1 Å². The van der Waals surface area contributed by atoms with E-state index in [4.69, 9.17) is 4.74 Å². The maximum atomic E-state index is 13.2. The first-order valence-electron chi connectivity index (χ1n) is 6.62. The van der Waals surface area contributed by atoms with Gasteiger partial charge in [-0.3, -0.25) is 10.1 Å². The third-order valence-corrected chi connectivity index (χ3v) is 3.61. The zero-order chi connectivity index (χ0) is 14.7. The van der Waals surface area contributed by atoms with Gasteiger partial charge in [-0.1, -0.05) is 6.92 Å². The Kier molecular flexibility index (Phi) is 4.32. The van der Waals surface area contributed by atoms with Gasteiger partial charge in [0.1, 0.15) is 17.5 Å². The Hall–Kier alpha value is -1.98. The van der Waals surface area contributed by atoms with E-state index in [0.717, 1.165) is 43.9 Å². The molecule has 0 bridgehead atoms. The Morgan fingerprint density at radius 3 is 2.60 bits per heavy atom. The molecule has 1 saturated carbocycles. The van der Waals surface area contributed by atoms with Gasteiger partial charge in [0.15, 0.2) is 0 Å². The molecular formula is C14H16FNO4. The highest BCUT2D eigenvalue weighted by Gasteiger charge is 2.26. The average molecular weight is 281 g/mol. The molecule has 0 N–H and O–H groups in total. The predicted molar refractivity (Wildman–Crippen MR) is 69.9 cm³/mol. The number of hydrogen-bond acceptors (Lipinski definition) is 4. The second-order valence-corrected chi connectivity index (χ2v) is 5.21. The van der Waals surface area contributed by atoms with Crippen molar-refractivity contribution in [1.82, 2.24) is 0 Å². The van der Waals surface area contributed by atoms with Crippen molar-refractivity contribution >= 4 is 11.7 Å². The van der Waals surface area contributed by atoms with Crippen molar-refractivity contribution in [2.75, 3.05) is 0 Å². The van der Waals surface area contributed by atoms with E-state index >= 15 is 0 Å². The summed E-state index contributed by atoms with van der Waals surface area (Å²) in [5.74, 6) is -0.913. The molecule has 1 aliphatic rings. The number of carbonyl (C=O) groups excluding carboxylic acids is 1. The molecule has 1 aliphatic carbocycles. The van der Waals surface area contributed by atoms with Gasteiger partial charge < -0.3 is 4.74 Å². The number of esters is 1. The van der Waals surface area contributed by atoms with Crippen LogP contribution < -0.4 is 0 Å². The highest BCUT2D eigenvalue weighted by molar-refractivity contribution is 5.94. The summed E-state index contributed by atoms with van der Waals surface area (Å²) < 4.78 is 18.4. The third-order valence-electron chi connectivity index (χ3n) is 3.61. The molecule has 108 valence electrons. The monoisotopic (exact) mass is 281 g/mol. The molecule has 0 saturated heterocycles. The summed E-state index contributed by atoms with van der Waals surface area (Å²) in [7, 11) is 0. The van der Waals surface area contributed by atoms with Crippen LogP contribution in [0.2, 0.25) is 0 Å². The summed E-state index contributed by atoms with van der Waals surface area (Å²) in [4.78, 5) is 22.1. The number of nitrogens with zero attached hydrogens (tertiary/aromatic N) is 1. The fraction of sp³-hybridized carbons (Fsp3) is 0.500. The Morgan fingerprint density at radius 2 is 2.00 bits per heavy atom. The molecule has 0 radical (unpaired) electrons. The molecule has 0 amide bonds. The fourth-order valence-electron chi connectivity index (χ4n) is 2.39. The van der Waals surface area contributed by atoms with Crippen molar-refractivity contribution in [3.05, 3.63) is 39.7 Å². The molecule has 1 aromatic rings. The van der Waals surface area contributed by atoms with Gasteiger partial charge in [-0.05, 0) is 43.7 Å². The second-order valence-electron chi connectivity index (χ2n) is 5.21. The molecule has 2 rings (SSSR count). The number of carbonyl (C=O) groups is 1. The lowest BCUT2D eigenvalue weighted by Crippen LogP contribution is -2.24.